The molecule has 10 heteroatoms. The Labute approximate surface area is 219 Å². The van der Waals surface area contributed by atoms with Crippen LogP contribution in [0, 0.1) is 0 Å². The molecule has 4 rings (SSSR count). The topological polar surface area (TPSA) is 85.7 Å². The van der Waals surface area contributed by atoms with Gasteiger partial charge in [-0.1, -0.05) is 11.3 Å². The summed E-state index contributed by atoms with van der Waals surface area (Å²) in [5.41, 5.74) is 2.85. The van der Waals surface area contributed by atoms with Crippen molar-refractivity contribution < 1.29 is 23.7 Å². The minimum absolute atomic E-state index is 0.319. The molecular formula is C27H28N4O5S. The largest absolute Gasteiger partial charge is 0.497 e. The van der Waals surface area contributed by atoms with Crippen LogP contribution in [0.15, 0.2) is 59.7 Å². The van der Waals surface area contributed by atoms with Gasteiger partial charge in [-0.2, -0.15) is 10.1 Å². The number of nitrogens with zero attached hydrogens (tertiary/aromatic N) is 4. The summed E-state index contributed by atoms with van der Waals surface area (Å²) < 4.78 is 22.5. The standard InChI is InChI=1S/C27H28N4O5S/c1-30(2)19-9-7-18(8-10-19)26(32)31(27-29-21-12-11-20(33-3)15-24(21)37-27)28-16-17-13-22(34-4)25(36-6)23(14-17)35-5/h7-16H,1-6H3/b28-16+. The molecule has 37 heavy (non-hydrogen) atoms. The van der Waals surface area contributed by atoms with E-state index >= 15 is 0 Å². The van der Waals surface area contributed by atoms with Crippen molar-refractivity contribution in [3.8, 4) is 23.0 Å². The number of ether oxygens (including phenoxy) is 4. The molecule has 0 aliphatic heterocycles. The molecule has 1 aromatic heterocycles. The van der Waals surface area contributed by atoms with Crippen molar-refractivity contribution in [1.29, 1.82) is 0 Å². The minimum Gasteiger partial charge on any atom is -0.497 e. The lowest BCUT2D eigenvalue weighted by Gasteiger charge is -2.16. The number of carbonyl (C=O) groups is 1. The molecular weight excluding hydrogens is 492 g/mol. The van der Waals surface area contributed by atoms with E-state index in [1.54, 1.807) is 51.8 Å². The van der Waals surface area contributed by atoms with Crippen LogP contribution >= 0.6 is 11.3 Å². The fourth-order valence-corrected chi connectivity index (χ4v) is 4.57. The number of anilines is 2. The normalized spacial score (nSPS) is 11.0. The molecule has 1 amide bonds. The van der Waals surface area contributed by atoms with Gasteiger partial charge in [-0.05, 0) is 54.6 Å². The van der Waals surface area contributed by atoms with E-state index in [9.17, 15) is 4.79 Å². The van der Waals surface area contributed by atoms with Crippen LogP contribution < -0.4 is 28.9 Å². The Morgan fingerprint density at radius 3 is 2.14 bits per heavy atom. The number of thiazole rings is 1. The molecule has 9 nitrogen and oxygen atoms in total. The molecule has 4 aromatic rings. The molecule has 0 radical (unpaired) electrons. The fourth-order valence-electron chi connectivity index (χ4n) is 3.62. The van der Waals surface area contributed by atoms with E-state index in [2.05, 4.69) is 10.1 Å². The lowest BCUT2D eigenvalue weighted by molar-refractivity contribution is 0.0988. The molecule has 0 aliphatic carbocycles. The zero-order chi connectivity index (χ0) is 26.5. The summed E-state index contributed by atoms with van der Waals surface area (Å²) in [5.74, 6) is 1.82. The SMILES string of the molecule is COc1ccc2nc(N(/N=C/c3cc(OC)c(OC)c(OC)c3)C(=O)c3ccc(N(C)C)cc3)sc2c1. The van der Waals surface area contributed by atoms with E-state index in [4.69, 9.17) is 18.9 Å². The van der Waals surface area contributed by atoms with Crippen molar-refractivity contribution in [3.05, 3.63) is 65.7 Å². The van der Waals surface area contributed by atoms with Gasteiger partial charge in [0.15, 0.2) is 11.5 Å². The second kappa shape index (κ2) is 11.2. The van der Waals surface area contributed by atoms with Crippen molar-refractivity contribution in [3.63, 3.8) is 0 Å². The summed E-state index contributed by atoms with van der Waals surface area (Å²) in [6.07, 6.45) is 1.56. The Morgan fingerprint density at radius 2 is 1.57 bits per heavy atom. The van der Waals surface area contributed by atoms with Crippen LogP contribution in [0.5, 0.6) is 23.0 Å². The first kappa shape index (κ1) is 25.8. The molecule has 192 valence electrons. The van der Waals surface area contributed by atoms with E-state index in [-0.39, 0.29) is 5.91 Å². The van der Waals surface area contributed by atoms with Gasteiger partial charge in [-0.15, -0.1) is 0 Å². The molecule has 0 saturated heterocycles. The Kier molecular flexibility index (Phi) is 7.78. The van der Waals surface area contributed by atoms with E-state index in [0.29, 0.717) is 39.3 Å². The lowest BCUT2D eigenvalue weighted by Crippen LogP contribution is -2.25. The van der Waals surface area contributed by atoms with Crippen LogP contribution in [0.2, 0.25) is 0 Å². The number of rotatable bonds is 9. The Hall–Kier alpha value is -4.31. The van der Waals surface area contributed by atoms with Crippen LogP contribution in [0.25, 0.3) is 10.2 Å². The number of amides is 1. The van der Waals surface area contributed by atoms with E-state index in [1.165, 1.54) is 23.5 Å². The third-order valence-electron chi connectivity index (χ3n) is 5.60. The average Bonchev–Trinajstić information content (AvgIpc) is 3.35. The van der Waals surface area contributed by atoms with Crippen molar-refractivity contribution >= 4 is 44.5 Å². The molecule has 3 aromatic carbocycles. The lowest BCUT2D eigenvalue weighted by atomic mass is 10.2. The highest BCUT2D eigenvalue weighted by Crippen LogP contribution is 2.38. The van der Waals surface area contributed by atoms with Gasteiger partial charge >= 0.3 is 0 Å². The summed E-state index contributed by atoms with van der Waals surface area (Å²) in [4.78, 5) is 20.3. The van der Waals surface area contributed by atoms with Gasteiger partial charge < -0.3 is 23.8 Å². The van der Waals surface area contributed by atoms with Crippen LogP contribution in [-0.2, 0) is 0 Å². The summed E-state index contributed by atoms with van der Waals surface area (Å²) in [6.45, 7) is 0. The van der Waals surface area contributed by atoms with Gasteiger partial charge in [0.25, 0.3) is 5.91 Å². The van der Waals surface area contributed by atoms with Crippen molar-refractivity contribution in [2.45, 2.75) is 0 Å². The quantitative estimate of drug-likeness (QED) is 0.225. The number of benzene rings is 3. The molecule has 0 atom stereocenters. The molecule has 0 unspecified atom stereocenters. The van der Waals surface area contributed by atoms with Gasteiger partial charge in [-0.25, -0.2) is 4.98 Å². The van der Waals surface area contributed by atoms with Crippen LogP contribution in [0.1, 0.15) is 15.9 Å². The third-order valence-corrected chi connectivity index (χ3v) is 6.59. The Bertz CT molecular complexity index is 1410. The number of fused-ring (bicyclic) bond motifs is 1. The first-order valence-electron chi connectivity index (χ1n) is 11.3. The number of hydrogen-bond acceptors (Lipinski definition) is 9. The first-order chi connectivity index (χ1) is 17.9. The Morgan fingerprint density at radius 1 is 0.892 bits per heavy atom. The predicted octanol–water partition coefficient (Wildman–Crippen LogP) is 5.08. The van der Waals surface area contributed by atoms with Gasteiger partial charge in [0.1, 0.15) is 5.75 Å². The van der Waals surface area contributed by atoms with Gasteiger partial charge in [0.05, 0.1) is 44.9 Å². The fraction of sp³-hybridized carbons (Fsp3) is 0.222. The maximum atomic E-state index is 13.7. The monoisotopic (exact) mass is 520 g/mol. The highest BCUT2D eigenvalue weighted by atomic mass is 32.1. The van der Waals surface area contributed by atoms with E-state index < -0.39 is 0 Å². The van der Waals surface area contributed by atoms with Crippen molar-refractivity contribution in [2.75, 3.05) is 52.4 Å². The zero-order valence-corrected chi connectivity index (χ0v) is 22.3. The van der Waals surface area contributed by atoms with Crippen molar-refractivity contribution in [2.24, 2.45) is 5.10 Å². The number of hydrazone groups is 1. The molecule has 0 aliphatic rings. The summed E-state index contributed by atoms with van der Waals surface area (Å²) in [6, 6.07) is 16.4. The molecule has 0 saturated carbocycles. The molecule has 0 bridgehead atoms. The van der Waals surface area contributed by atoms with Gasteiger partial charge in [-0.3, -0.25) is 4.79 Å². The number of carbonyl (C=O) groups excluding carboxylic acids is 1. The highest BCUT2D eigenvalue weighted by Gasteiger charge is 2.22. The summed E-state index contributed by atoms with van der Waals surface area (Å²) in [7, 11) is 10.1. The maximum Gasteiger partial charge on any atom is 0.280 e. The van der Waals surface area contributed by atoms with Crippen LogP contribution in [-0.4, -0.2) is 59.6 Å². The molecule has 0 spiro atoms. The molecule has 0 N–H and O–H groups in total. The first-order valence-corrected chi connectivity index (χ1v) is 12.1. The molecule has 0 fully saturated rings. The van der Waals surface area contributed by atoms with E-state index in [1.807, 2.05) is 49.3 Å². The molecule has 1 heterocycles. The zero-order valence-electron chi connectivity index (χ0n) is 21.5. The predicted molar refractivity (Wildman–Crippen MR) is 147 cm³/mol. The average molecular weight is 521 g/mol. The second-order valence-electron chi connectivity index (χ2n) is 8.09. The van der Waals surface area contributed by atoms with Gasteiger partial charge in [0.2, 0.25) is 10.9 Å². The number of hydrogen-bond donors (Lipinski definition) is 0. The van der Waals surface area contributed by atoms with E-state index in [0.717, 1.165) is 15.9 Å². The Balaban J connectivity index is 1.78. The maximum absolute atomic E-state index is 13.7. The van der Waals surface area contributed by atoms with Crippen LogP contribution in [0.4, 0.5) is 10.8 Å². The third kappa shape index (κ3) is 5.44. The second-order valence-corrected chi connectivity index (χ2v) is 9.10. The van der Waals surface area contributed by atoms with Crippen molar-refractivity contribution in [1.82, 2.24) is 4.98 Å². The summed E-state index contributed by atoms with van der Waals surface area (Å²) in [5, 5.41) is 6.28. The van der Waals surface area contributed by atoms with Gasteiger partial charge in [0, 0.05) is 30.9 Å². The summed E-state index contributed by atoms with van der Waals surface area (Å²) >= 11 is 1.35. The van der Waals surface area contributed by atoms with Crippen LogP contribution in [0.3, 0.4) is 0 Å². The number of methoxy groups -OCH3 is 4. The number of aromatic nitrogens is 1. The minimum atomic E-state index is -0.319. The highest BCUT2D eigenvalue weighted by molar-refractivity contribution is 7.22. The smallest absolute Gasteiger partial charge is 0.280 e.